The summed E-state index contributed by atoms with van der Waals surface area (Å²) in [5.41, 5.74) is 1.67. The third-order valence-corrected chi connectivity index (χ3v) is 3.27. The summed E-state index contributed by atoms with van der Waals surface area (Å²) in [6, 6.07) is 8.24. The van der Waals surface area contributed by atoms with Crippen molar-refractivity contribution < 1.29 is 18.7 Å². The van der Waals surface area contributed by atoms with E-state index in [0.29, 0.717) is 16.7 Å². The van der Waals surface area contributed by atoms with Gasteiger partial charge in [0.05, 0.1) is 6.10 Å². The second-order valence-corrected chi connectivity index (χ2v) is 5.21. The second kappa shape index (κ2) is 6.66. The number of rotatable bonds is 4. The average Bonchev–Trinajstić information content (AvgIpc) is 2.45. The lowest BCUT2D eigenvalue weighted by Gasteiger charge is -2.10. The molecule has 0 bridgehead atoms. The zero-order valence-corrected chi connectivity index (χ0v) is 12.4. The monoisotopic (exact) mass is 305 g/mol. The van der Waals surface area contributed by atoms with Gasteiger partial charge in [0.2, 0.25) is 0 Å². The van der Waals surface area contributed by atoms with Crippen LogP contribution in [-0.4, -0.2) is 23.7 Å². The van der Waals surface area contributed by atoms with Gasteiger partial charge in [-0.2, -0.15) is 0 Å². The van der Waals surface area contributed by atoms with Gasteiger partial charge in [0.25, 0.3) is 5.91 Å². The molecule has 0 heterocycles. The molecule has 0 aliphatic heterocycles. The maximum absolute atomic E-state index is 14.3. The Bertz CT molecular complexity index is 699. The van der Waals surface area contributed by atoms with Crippen LogP contribution in [0, 0.1) is 18.6 Å². The van der Waals surface area contributed by atoms with Crippen molar-refractivity contribution in [1.29, 1.82) is 0 Å². The van der Waals surface area contributed by atoms with Gasteiger partial charge in [0.1, 0.15) is 11.6 Å². The SMILES string of the molecule is Cc1cc(F)ccc1-c1ccc(C(=O)NCC(C)O)cc1F. The van der Waals surface area contributed by atoms with Gasteiger partial charge >= 0.3 is 0 Å². The number of carbonyl (C=O) groups is 1. The first-order chi connectivity index (χ1) is 10.4. The molecule has 0 aliphatic rings. The Kier molecular flexibility index (Phi) is 4.88. The van der Waals surface area contributed by atoms with Crippen LogP contribution in [0.3, 0.4) is 0 Å². The van der Waals surface area contributed by atoms with Crippen LogP contribution in [0.1, 0.15) is 22.8 Å². The second-order valence-electron chi connectivity index (χ2n) is 5.21. The number of aliphatic hydroxyl groups is 1. The summed E-state index contributed by atoms with van der Waals surface area (Å²) in [7, 11) is 0. The highest BCUT2D eigenvalue weighted by Gasteiger charge is 2.13. The number of aliphatic hydroxyl groups excluding tert-OH is 1. The van der Waals surface area contributed by atoms with Gasteiger partial charge in [0, 0.05) is 17.7 Å². The van der Waals surface area contributed by atoms with E-state index in [1.807, 2.05) is 0 Å². The number of carbonyl (C=O) groups excluding carboxylic acids is 1. The highest BCUT2D eigenvalue weighted by atomic mass is 19.1. The Balaban J connectivity index is 2.28. The smallest absolute Gasteiger partial charge is 0.251 e. The van der Waals surface area contributed by atoms with E-state index in [0.717, 1.165) is 6.07 Å². The number of nitrogens with one attached hydrogen (secondary N) is 1. The summed E-state index contributed by atoms with van der Waals surface area (Å²) in [6.07, 6.45) is -0.671. The van der Waals surface area contributed by atoms with Crippen LogP contribution in [-0.2, 0) is 0 Å². The molecule has 0 spiro atoms. The lowest BCUT2D eigenvalue weighted by Crippen LogP contribution is -2.30. The zero-order chi connectivity index (χ0) is 16.3. The van der Waals surface area contributed by atoms with Crippen molar-refractivity contribution in [2.45, 2.75) is 20.0 Å². The van der Waals surface area contributed by atoms with E-state index < -0.39 is 17.8 Å². The molecule has 1 amide bonds. The predicted molar refractivity (Wildman–Crippen MR) is 80.5 cm³/mol. The van der Waals surface area contributed by atoms with E-state index in [1.165, 1.54) is 30.3 Å². The molecule has 5 heteroatoms. The molecule has 2 aromatic carbocycles. The molecule has 0 aromatic heterocycles. The number of amides is 1. The number of hydrogen-bond acceptors (Lipinski definition) is 2. The number of benzene rings is 2. The summed E-state index contributed by atoms with van der Waals surface area (Å²) in [6.45, 7) is 3.33. The Labute approximate surface area is 127 Å². The van der Waals surface area contributed by atoms with Crippen molar-refractivity contribution >= 4 is 5.91 Å². The van der Waals surface area contributed by atoms with E-state index in [4.69, 9.17) is 5.11 Å². The molecule has 1 atom stereocenters. The highest BCUT2D eigenvalue weighted by Crippen LogP contribution is 2.27. The molecule has 2 aromatic rings. The molecule has 2 rings (SSSR count). The molecule has 0 saturated carbocycles. The largest absolute Gasteiger partial charge is 0.392 e. The van der Waals surface area contributed by atoms with Crippen molar-refractivity contribution in [3.05, 3.63) is 59.2 Å². The molecule has 3 nitrogen and oxygen atoms in total. The van der Waals surface area contributed by atoms with Gasteiger partial charge in [-0.05, 0) is 49.2 Å². The van der Waals surface area contributed by atoms with Gasteiger partial charge in [-0.25, -0.2) is 8.78 Å². The topological polar surface area (TPSA) is 49.3 Å². The molecule has 22 heavy (non-hydrogen) atoms. The normalized spacial score (nSPS) is 12.0. The van der Waals surface area contributed by atoms with Crippen molar-refractivity contribution in [3.8, 4) is 11.1 Å². The molecule has 0 fully saturated rings. The fraction of sp³-hybridized carbons (Fsp3) is 0.235. The van der Waals surface area contributed by atoms with Crippen molar-refractivity contribution in [3.63, 3.8) is 0 Å². The summed E-state index contributed by atoms with van der Waals surface area (Å²) in [5.74, 6) is -1.39. The predicted octanol–water partition coefficient (Wildman–Crippen LogP) is 3.05. The van der Waals surface area contributed by atoms with Crippen molar-refractivity contribution in [2.75, 3.05) is 6.54 Å². The minimum absolute atomic E-state index is 0.0965. The number of halogens is 2. The van der Waals surface area contributed by atoms with Gasteiger partial charge in [-0.15, -0.1) is 0 Å². The van der Waals surface area contributed by atoms with Gasteiger partial charge < -0.3 is 10.4 Å². The molecule has 2 N–H and O–H groups in total. The van der Waals surface area contributed by atoms with Crippen molar-refractivity contribution in [1.82, 2.24) is 5.32 Å². The summed E-state index contributed by atoms with van der Waals surface area (Å²) < 4.78 is 27.4. The zero-order valence-electron chi connectivity index (χ0n) is 12.4. The van der Waals surface area contributed by atoms with Crippen LogP contribution in [0.5, 0.6) is 0 Å². The van der Waals surface area contributed by atoms with Gasteiger partial charge in [-0.1, -0.05) is 12.1 Å². The van der Waals surface area contributed by atoms with Crippen LogP contribution in [0.15, 0.2) is 36.4 Å². The first-order valence-corrected chi connectivity index (χ1v) is 6.91. The minimum atomic E-state index is -0.671. The summed E-state index contributed by atoms with van der Waals surface area (Å²) in [4.78, 5) is 11.8. The molecule has 0 radical (unpaired) electrons. The maximum atomic E-state index is 14.3. The van der Waals surface area contributed by atoms with Gasteiger partial charge in [0.15, 0.2) is 0 Å². The van der Waals surface area contributed by atoms with Crippen LogP contribution in [0.25, 0.3) is 11.1 Å². The standard InChI is InChI=1S/C17H17F2NO2/c1-10-7-13(18)4-6-14(10)15-5-3-12(8-16(15)19)17(22)20-9-11(2)21/h3-8,11,21H,9H2,1-2H3,(H,20,22). The van der Waals surface area contributed by atoms with E-state index >= 15 is 0 Å². The van der Waals surface area contributed by atoms with Crippen LogP contribution >= 0.6 is 0 Å². The molecule has 0 aliphatic carbocycles. The van der Waals surface area contributed by atoms with Gasteiger partial charge in [-0.3, -0.25) is 4.79 Å². The van der Waals surface area contributed by atoms with E-state index in [1.54, 1.807) is 13.8 Å². The third-order valence-electron chi connectivity index (χ3n) is 3.27. The Hall–Kier alpha value is -2.27. The average molecular weight is 305 g/mol. The first-order valence-electron chi connectivity index (χ1n) is 6.91. The lowest BCUT2D eigenvalue weighted by atomic mass is 9.98. The minimum Gasteiger partial charge on any atom is -0.392 e. The lowest BCUT2D eigenvalue weighted by molar-refractivity contribution is 0.0923. The van der Waals surface area contributed by atoms with Crippen molar-refractivity contribution in [2.24, 2.45) is 0 Å². The molecule has 1 unspecified atom stereocenters. The quantitative estimate of drug-likeness (QED) is 0.912. The van der Waals surface area contributed by atoms with E-state index in [-0.39, 0.29) is 17.9 Å². The molecule has 116 valence electrons. The Morgan fingerprint density at radius 3 is 2.45 bits per heavy atom. The number of hydrogen-bond donors (Lipinski definition) is 2. The van der Waals surface area contributed by atoms with Crippen LogP contribution < -0.4 is 5.32 Å². The maximum Gasteiger partial charge on any atom is 0.251 e. The summed E-state index contributed by atoms with van der Waals surface area (Å²) >= 11 is 0. The first kappa shape index (κ1) is 16.1. The molecular weight excluding hydrogens is 288 g/mol. The highest BCUT2D eigenvalue weighted by molar-refractivity contribution is 5.94. The third kappa shape index (κ3) is 3.68. The fourth-order valence-electron chi connectivity index (χ4n) is 2.15. The number of aryl methyl sites for hydroxylation is 1. The molecular formula is C17H17F2NO2. The van der Waals surface area contributed by atoms with E-state index in [9.17, 15) is 13.6 Å². The van der Waals surface area contributed by atoms with Crippen LogP contribution in [0.2, 0.25) is 0 Å². The van der Waals surface area contributed by atoms with Crippen LogP contribution in [0.4, 0.5) is 8.78 Å². The fourth-order valence-corrected chi connectivity index (χ4v) is 2.15. The van der Waals surface area contributed by atoms with E-state index in [2.05, 4.69) is 5.32 Å². The summed E-state index contributed by atoms with van der Waals surface area (Å²) in [5, 5.41) is 11.6. The Morgan fingerprint density at radius 1 is 1.18 bits per heavy atom. The molecule has 0 saturated heterocycles. The Morgan fingerprint density at radius 2 is 1.86 bits per heavy atom.